The third-order valence-corrected chi connectivity index (χ3v) is 4.27. The molecule has 1 aromatic rings. The first kappa shape index (κ1) is 10.4. The molecule has 0 atom stereocenters. The number of hydrogen-bond donors (Lipinski definition) is 0. The van der Waals surface area contributed by atoms with Gasteiger partial charge in [-0.3, -0.25) is 0 Å². The first-order valence-corrected chi connectivity index (χ1v) is 6.09. The third kappa shape index (κ3) is 1.60. The number of fused-ring (bicyclic) bond motifs is 1. The van der Waals surface area contributed by atoms with E-state index < -0.39 is 9.84 Å². The fourth-order valence-electron chi connectivity index (χ4n) is 1.65. The lowest BCUT2D eigenvalue weighted by Gasteiger charge is -2.02. The highest BCUT2D eigenvalue weighted by Gasteiger charge is 2.29. The lowest BCUT2D eigenvalue weighted by molar-refractivity contribution is 0.231. The van der Waals surface area contributed by atoms with E-state index in [1.165, 1.54) is 7.11 Å². The van der Waals surface area contributed by atoms with Gasteiger partial charge in [-0.15, -0.1) is 0 Å². The van der Waals surface area contributed by atoms with Crippen LogP contribution in [0.4, 0.5) is 0 Å². The minimum absolute atomic E-state index is 0.135. The summed E-state index contributed by atoms with van der Waals surface area (Å²) in [7, 11) is -1.80. The van der Waals surface area contributed by atoms with Crippen LogP contribution in [0.25, 0.3) is 6.08 Å². The molecule has 1 aliphatic heterocycles. The molecule has 1 aromatic carbocycles. The number of rotatable bonds is 2. The van der Waals surface area contributed by atoms with Crippen LogP contribution >= 0.6 is 0 Å². The van der Waals surface area contributed by atoms with Gasteiger partial charge in [0.2, 0.25) is 9.84 Å². The summed E-state index contributed by atoms with van der Waals surface area (Å²) in [5.74, 6) is 0. The Labute approximate surface area is 89.3 Å². The van der Waals surface area contributed by atoms with Crippen LogP contribution in [0.15, 0.2) is 28.0 Å². The van der Waals surface area contributed by atoms with Crippen molar-refractivity contribution in [3.63, 3.8) is 0 Å². The van der Waals surface area contributed by atoms with E-state index in [1.54, 1.807) is 12.1 Å². The number of aryl methyl sites for hydroxylation is 1. The summed E-state index contributed by atoms with van der Waals surface area (Å²) in [4.78, 5) is 0.736. The van der Waals surface area contributed by atoms with E-state index in [0.717, 1.165) is 11.1 Å². The van der Waals surface area contributed by atoms with E-state index >= 15 is 0 Å². The van der Waals surface area contributed by atoms with Crippen LogP contribution in [0.5, 0.6) is 0 Å². The molecule has 0 saturated heterocycles. The molecular weight excluding hydrogens is 212 g/mol. The highest BCUT2D eigenvalue weighted by atomic mass is 32.2. The van der Waals surface area contributed by atoms with Gasteiger partial charge < -0.3 is 4.74 Å². The van der Waals surface area contributed by atoms with E-state index in [9.17, 15) is 8.42 Å². The molecule has 0 bridgehead atoms. The lowest BCUT2D eigenvalue weighted by Crippen LogP contribution is -2.05. The van der Waals surface area contributed by atoms with Gasteiger partial charge >= 0.3 is 0 Å². The molecule has 0 N–H and O–H groups in total. The first-order valence-electron chi connectivity index (χ1n) is 4.61. The van der Waals surface area contributed by atoms with E-state index in [2.05, 4.69) is 0 Å². The molecule has 4 heteroatoms. The Bertz CT molecular complexity index is 527. The average molecular weight is 224 g/mol. The van der Waals surface area contributed by atoms with Gasteiger partial charge in [-0.2, -0.15) is 0 Å². The maximum Gasteiger partial charge on any atom is 0.205 e. The van der Waals surface area contributed by atoms with Crippen molar-refractivity contribution in [1.29, 1.82) is 0 Å². The summed E-state index contributed by atoms with van der Waals surface area (Å²) < 4.78 is 28.8. The molecule has 0 unspecified atom stereocenters. The molecule has 0 radical (unpaired) electrons. The first-order chi connectivity index (χ1) is 7.05. The van der Waals surface area contributed by atoms with E-state index in [1.807, 2.05) is 19.1 Å². The molecule has 1 aliphatic rings. The Morgan fingerprint density at radius 2 is 2.07 bits per heavy atom. The molecule has 0 aromatic heterocycles. The molecule has 0 amide bonds. The smallest absolute Gasteiger partial charge is 0.205 e. The van der Waals surface area contributed by atoms with Crippen molar-refractivity contribution < 1.29 is 13.2 Å². The summed E-state index contributed by atoms with van der Waals surface area (Å²) in [6.07, 6.45) is 1.67. The van der Waals surface area contributed by atoms with E-state index in [4.69, 9.17) is 4.74 Å². The van der Waals surface area contributed by atoms with Crippen molar-refractivity contribution in [3.05, 3.63) is 34.2 Å². The van der Waals surface area contributed by atoms with Crippen LogP contribution < -0.4 is 0 Å². The summed E-state index contributed by atoms with van der Waals surface area (Å²) in [6.45, 7) is 2.01. The maximum absolute atomic E-state index is 12.0. The minimum Gasteiger partial charge on any atom is -0.379 e. The maximum atomic E-state index is 12.0. The Morgan fingerprint density at radius 1 is 1.33 bits per heavy atom. The normalized spacial score (nSPS) is 17.3. The van der Waals surface area contributed by atoms with Crippen molar-refractivity contribution in [2.24, 2.45) is 0 Å². The van der Waals surface area contributed by atoms with Crippen molar-refractivity contribution in [2.45, 2.75) is 11.8 Å². The summed E-state index contributed by atoms with van der Waals surface area (Å²) >= 11 is 0. The zero-order chi connectivity index (χ0) is 11.1. The Balaban J connectivity index is 2.58. The SMILES string of the molecule is COCC1=Cc2ccc(C)cc2S1(=O)=O. The predicted octanol–water partition coefficient (Wildman–Crippen LogP) is 1.77. The second kappa shape index (κ2) is 3.47. The van der Waals surface area contributed by atoms with E-state index in [0.29, 0.717) is 9.80 Å². The molecule has 15 heavy (non-hydrogen) atoms. The quantitative estimate of drug-likeness (QED) is 0.769. The van der Waals surface area contributed by atoms with Crippen LogP contribution in [0, 0.1) is 6.92 Å². The fourth-order valence-corrected chi connectivity index (χ4v) is 3.26. The van der Waals surface area contributed by atoms with Crippen molar-refractivity contribution in [3.8, 4) is 0 Å². The highest BCUT2D eigenvalue weighted by molar-refractivity contribution is 7.95. The van der Waals surface area contributed by atoms with Gasteiger partial charge in [0.15, 0.2) is 0 Å². The number of hydrogen-bond acceptors (Lipinski definition) is 3. The van der Waals surface area contributed by atoms with Gasteiger partial charge in [-0.1, -0.05) is 12.1 Å². The molecule has 2 rings (SSSR count). The predicted molar refractivity (Wildman–Crippen MR) is 58.2 cm³/mol. The molecular formula is C11H12O3S. The largest absolute Gasteiger partial charge is 0.379 e. The summed E-state index contributed by atoms with van der Waals surface area (Å²) in [6, 6.07) is 5.43. The minimum atomic E-state index is -3.29. The van der Waals surface area contributed by atoms with Crippen molar-refractivity contribution in [2.75, 3.05) is 13.7 Å². The van der Waals surface area contributed by atoms with Crippen LogP contribution in [0.1, 0.15) is 11.1 Å². The Kier molecular flexibility index (Phi) is 2.40. The molecule has 0 saturated carbocycles. The molecule has 0 aliphatic carbocycles. The van der Waals surface area contributed by atoms with Crippen LogP contribution in [-0.4, -0.2) is 22.1 Å². The number of sulfone groups is 1. The number of methoxy groups -OCH3 is 1. The van der Waals surface area contributed by atoms with Gasteiger partial charge in [0.05, 0.1) is 16.4 Å². The summed E-state index contributed by atoms with van der Waals surface area (Å²) in [5.41, 5.74) is 1.71. The highest BCUT2D eigenvalue weighted by Crippen LogP contribution is 2.33. The second-order valence-corrected chi connectivity index (χ2v) is 5.56. The van der Waals surface area contributed by atoms with Crippen LogP contribution in [0.2, 0.25) is 0 Å². The number of benzene rings is 1. The monoisotopic (exact) mass is 224 g/mol. The van der Waals surface area contributed by atoms with Crippen LogP contribution in [0.3, 0.4) is 0 Å². The van der Waals surface area contributed by atoms with Gasteiger partial charge in [0.25, 0.3) is 0 Å². The van der Waals surface area contributed by atoms with E-state index in [-0.39, 0.29) is 6.61 Å². The molecule has 0 spiro atoms. The number of ether oxygens (including phenoxy) is 1. The van der Waals surface area contributed by atoms with Crippen LogP contribution in [-0.2, 0) is 14.6 Å². The molecule has 1 heterocycles. The van der Waals surface area contributed by atoms with Gasteiger partial charge in [-0.25, -0.2) is 8.42 Å². The van der Waals surface area contributed by atoms with Gasteiger partial charge in [0.1, 0.15) is 0 Å². The second-order valence-electron chi connectivity index (χ2n) is 3.59. The molecule has 3 nitrogen and oxygen atoms in total. The van der Waals surface area contributed by atoms with Crippen molar-refractivity contribution >= 4 is 15.9 Å². The van der Waals surface area contributed by atoms with Crippen molar-refractivity contribution in [1.82, 2.24) is 0 Å². The standard InChI is InChI=1S/C11H12O3S/c1-8-3-4-9-6-10(7-14-2)15(12,13)11(9)5-8/h3-6H,7H2,1-2H3. The Morgan fingerprint density at radius 3 is 2.73 bits per heavy atom. The third-order valence-electron chi connectivity index (χ3n) is 2.41. The fraction of sp³-hybridized carbons (Fsp3) is 0.273. The topological polar surface area (TPSA) is 43.4 Å². The van der Waals surface area contributed by atoms with Gasteiger partial charge in [0, 0.05) is 7.11 Å². The lowest BCUT2D eigenvalue weighted by atomic mass is 10.1. The molecule has 0 fully saturated rings. The molecule has 80 valence electrons. The summed E-state index contributed by atoms with van der Waals surface area (Å²) in [5, 5.41) is 0. The van der Waals surface area contributed by atoms with Gasteiger partial charge in [-0.05, 0) is 30.2 Å². The zero-order valence-corrected chi connectivity index (χ0v) is 9.47. The zero-order valence-electron chi connectivity index (χ0n) is 8.65. The average Bonchev–Trinajstić information content (AvgIpc) is 2.41. The Hall–Kier alpha value is -1.13.